The molecule has 0 aliphatic carbocycles. The second kappa shape index (κ2) is 8.36. The van der Waals surface area contributed by atoms with Gasteiger partial charge in [0.05, 0.1) is 22.1 Å². The standard InChI is InChI=1S/C17H17ClN2O6S/c1-3-26-17(21)11-19(16-9-13(18)8-7-12(16)2)27(24,25)15-6-4-5-14(10-15)20(22)23/h4-10H,3,11H2,1-2H3. The number of rotatable bonds is 7. The first kappa shape index (κ1) is 20.7. The minimum absolute atomic E-state index is 0.0814. The molecule has 10 heteroatoms. The molecule has 2 rings (SSSR count). The summed E-state index contributed by atoms with van der Waals surface area (Å²) in [5, 5.41) is 11.3. The summed E-state index contributed by atoms with van der Waals surface area (Å²) >= 11 is 5.99. The van der Waals surface area contributed by atoms with Crippen molar-refractivity contribution in [2.45, 2.75) is 18.7 Å². The predicted molar refractivity (Wildman–Crippen MR) is 100 cm³/mol. The fraction of sp³-hybridized carbons (Fsp3) is 0.235. The van der Waals surface area contributed by atoms with Crippen molar-refractivity contribution >= 4 is 39.0 Å². The first-order chi connectivity index (χ1) is 12.7. The minimum Gasteiger partial charge on any atom is -0.465 e. The number of carbonyl (C=O) groups is 1. The summed E-state index contributed by atoms with van der Waals surface area (Å²) in [6.45, 7) is 2.74. The zero-order valence-electron chi connectivity index (χ0n) is 14.6. The van der Waals surface area contributed by atoms with Gasteiger partial charge in [0.2, 0.25) is 0 Å². The van der Waals surface area contributed by atoms with Crippen LogP contribution < -0.4 is 4.31 Å². The molecule has 0 aromatic heterocycles. The van der Waals surface area contributed by atoms with Crippen LogP contribution >= 0.6 is 11.6 Å². The Morgan fingerprint density at radius 2 is 1.96 bits per heavy atom. The number of anilines is 1. The van der Waals surface area contributed by atoms with Crippen molar-refractivity contribution in [1.29, 1.82) is 0 Å². The molecule has 0 saturated heterocycles. The quantitative estimate of drug-likeness (QED) is 0.392. The van der Waals surface area contributed by atoms with E-state index in [4.69, 9.17) is 16.3 Å². The van der Waals surface area contributed by atoms with Gasteiger partial charge in [0.25, 0.3) is 15.7 Å². The molecule has 0 atom stereocenters. The highest BCUT2D eigenvalue weighted by molar-refractivity contribution is 7.92. The van der Waals surface area contributed by atoms with E-state index < -0.39 is 27.5 Å². The maximum Gasteiger partial charge on any atom is 0.326 e. The number of sulfonamides is 1. The first-order valence-corrected chi connectivity index (χ1v) is 9.67. The Hall–Kier alpha value is -2.65. The van der Waals surface area contributed by atoms with Gasteiger partial charge in [-0.15, -0.1) is 0 Å². The van der Waals surface area contributed by atoms with E-state index in [1.54, 1.807) is 26.0 Å². The molecule has 0 saturated carbocycles. The summed E-state index contributed by atoms with van der Waals surface area (Å²) in [6.07, 6.45) is 0. The van der Waals surface area contributed by atoms with E-state index in [2.05, 4.69) is 0 Å². The topological polar surface area (TPSA) is 107 Å². The van der Waals surface area contributed by atoms with Gasteiger partial charge < -0.3 is 4.74 Å². The van der Waals surface area contributed by atoms with Crippen LogP contribution in [-0.4, -0.2) is 32.5 Å². The number of hydrogen-bond donors (Lipinski definition) is 0. The lowest BCUT2D eigenvalue weighted by Gasteiger charge is -2.25. The summed E-state index contributed by atoms with van der Waals surface area (Å²) in [4.78, 5) is 22.0. The average molecular weight is 413 g/mol. The first-order valence-electron chi connectivity index (χ1n) is 7.85. The number of non-ortho nitro benzene ring substituents is 1. The number of halogens is 1. The van der Waals surface area contributed by atoms with Crippen LogP contribution in [0.25, 0.3) is 0 Å². The molecule has 0 aliphatic heterocycles. The van der Waals surface area contributed by atoms with Crippen molar-refractivity contribution in [1.82, 2.24) is 0 Å². The van der Waals surface area contributed by atoms with E-state index in [-0.39, 0.29) is 27.9 Å². The van der Waals surface area contributed by atoms with Crippen LogP contribution in [-0.2, 0) is 19.6 Å². The number of nitrogens with zero attached hydrogens (tertiary/aromatic N) is 2. The lowest BCUT2D eigenvalue weighted by Crippen LogP contribution is -2.37. The highest BCUT2D eigenvalue weighted by Gasteiger charge is 2.30. The van der Waals surface area contributed by atoms with Gasteiger partial charge in [-0.25, -0.2) is 8.42 Å². The van der Waals surface area contributed by atoms with Gasteiger partial charge in [-0.3, -0.25) is 19.2 Å². The van der Waals surface area contributed by atoms with E-state index in [9.17, 15) is 23.3 Å². The lowest BCUT2D eigenvalue weighted by atomic mass is 10.2. The smallest absolute Gasteiger partial charge is 0.326 e. The van der Waals surface area contributed by atoms with E-state index >= 15 is 0 Å². The Morgan fingerprint density at radius 3 is 2.59 bits per heavy atom. The molecule has 0 N–H and O–H groups in total. The van der Waals surface area contributed by atoms with E-state index in [0.29, 0.717) is 5.56 Å². The van der Waals surface area contributed by atoms with Crippen LogP contribution in [0, 0.1) is 17.0 Å². The Bertz CT molecular complexity index is 977. The normalized spacial score (nSPS) is 11.1. The van der Waals surface area contributed by atoms with Crippen molar-refractivity contribution in [3.8, 4) is 0 Å². The molecule has 0 heterocycles. The zero-order chi connectivity index (χ0) is 20.2. The van der Waals surface area contributed by atoms with Crippen LogP contribution in [0.4, 0.5) is 11.4 Å². The van der Waals surface area contributed by atoms with Crippen molar-refractivity contribution in [3.63, 3.8) is 0 Å². The SMILES string of the molecule is CCOC(=O)CN(c1cc(Cl)ccc1C)S(=O)(=O)c1cccc([N+](=O)[O-])c1. The fourth-order valence-corrected chi connectivity index (χ4v) is 4.03. The molecule has 0 aliphatic rings. The Labute approximate surface area is 161 Å². The third-order valence-electron chi connectivity index (χ3n) is 3.63. The van der Waals surface area contributed by atoms with Crippen molar-refractivity contribution in [2.24, 2.45) is 0 Å². The maximum atomic E-state index is 13.2. The van der Waals surface area contributed by atoms with E-state index in [0.717, 1.165) is 10.4 Å². The summed E-state index contributed by atoms with van der Waals surface area (Å²) in [7, 11) is -4.29. The van der Waals surface area contributed by atoms with Crippen molar-refractivity contribution < 1.29 is 22.9 Å². The molecule has 27 heavy (non-hydrogen) atoms. The van der Waals surface area contributed by atoms with Crippen LogP contribution in [0.2, 0.25) is 5.02 Å². The van der Waals surface area contributed by atoms with Crippen LogP contribution in [0.5, 0.6) is 0 Å². The van der Waals surface area contributed by atoms with Gasteiger partial charge in [-0.05, 0) is 37.6 Å². The summed E-state index contributed by atoms with van der Waals surface area (Å²) < 4.78 is 32.0. The van der Waals surface area contributed by atoms with Gasteiger partial charge in [0.15, 0.2) is 0 Å². The molecule has 2 aromatic carbocycles. The number of nitro groups is 1. The number of hydrogen-bond acceptors (Lipinski definition) is 6. The van der Waals surface area contributed by atoms with Crippen LogP contribution in [0.15, 0.2) is 47.4 Å². The lowest BCUT2D eigenvalue weighted by molar-refractivity contribution is -0.385. The second-order valence-corrected chi connectivity index (χ2v) is 7.80. The number of carbonyl (C=O) groups excluding carboxylic acids is 1. The Morgan fingerprint density at radius 1 is 1.26 bits per heavy atom. The molecule has 0 unspecified atom stereocenters. The van der Waals surface area contributed by atoms with E-state index in [1.165, 1.54) is 24.3 Å². The number of nitro benzene ring substituents is 1. The molecular weight excluding hydrogens is 396 g/mol. The third-order valence-corrected chi connectivity index (χ3v) is 5.63. The van der Waals surface area contributed by atoms with Crippen molar-refractivity contribution in [3.05, 3.63) is 63.2 Å². The van der Waals surface area contributed by atoms with Crippen LogP contribution in [0.3, 0.4) is 0 Å². The van der Waals surface area contributed by atoms with Gasteiger partial charge in [-0.2, -0.15) is 0 Å². The molecule has 2 aromatic rings. The number of aryl methyl sites for hydroxylation is 1. The number of benzene rings is 2. The van der Waals surface area contributed by atoms with Gasteiger partial charge >= 0.3 is 5.97 Å². The Balaban J connectivity index is 2.61. The Kier molecular flexibility index (Phi) is 6.40. The molecule has 0 spiro atoms. The molecule has 144 valence electrons. The van der Waals surface area contributed by atoms with Crippen molar-refractivity contribution in [2.75, 3.05) is 17.5 Å². The average Bonchev–Trinajstić information content (AvgIpc) is 2.62. The van der Waals surface area contributed by atoms with Gasteiger partial charge in [0.1, 0.15) is 6.54 Å². The minimum atomic E-state index is -4.29. The molecule has 0 bridgehead atoms. The van der Waals surface area contributed by atoms with Crippen LogP contribution in [0.1, 0.15) is 12.5 Å². The monoisotopic (exact) mass is 412 g/mol. The summed E-state index contributed by atoms with van der Waals surface area (Å²) in [6, 6.07) is 9.21. The van der Waals surface area contributed by atoms with Gasteiger partial charge in [0, 0.05) is 17.2 Å². The number of esters is 1. The number of ether oxygens (including phenoxy) is 1. The third kappa shape index (κ3) is 4.75. The largest absolute Gasteiger partial charge is 0.465 e. The van der Waals surface area contributed by atoms with Gasteiger partial charge in [-0.1, -0.05) is 23.7 Å². The molecular formula is C17H17ClN2O6S. The molecule has 0 radical (unpaired) electrons. The summed E-state index contributed by atoms with van der Waals surface area (Å²) in [5.41, 5.74) is 0.356. The zero-order valence-corrected chi connectivity index (χ0v) is 16.2. The second-order valence-electron chi connectivity index (χ2n) is 5.50. The highest BCUT2D eigenvalue weighted by atomic mass is 35.5. The predicted octanol–water partition coefficient (Wildman–Crippen LogP) is 3.32. The fourth-order valence-electron chi connectivity index (χ4n) is 2.36. The highest BCUT2D eigenvalue weighted by Crippen LogP contribution is 2.30. The van der Waals surface area contributed by atoms with E-state index in [1.807, 2.05) is 0 Å². The molecule has 8 nitrogen and oxygen atoms in total. The maximum absolute atomic E-state index is 13.2. The molecule has 0 amide bonds. The summed E-state index contributed by atoms with van der Waals surface area (Å²) in [5.74, 6) is -0.758. The molecule has 0 fully saturated rings.